The fourth-order valence-corrected chi connectivity index (χ4v) is 2.18. The quantitative estimate of drug-likeness (QED) is 0.890. The number of aromatic nitrogens is 2. The molecule has 2 aromatic rings. The molecule has 0 spiro atoms. The number of rotatable bonds is 3. The summed E-state index contributed by atoms with van der Waals surface area (Å²) < 4.78 is 3.24. The Morgan fingerprint density at radius 3 is 2.67 bits per heavy atom. The van der Waals surface area contributed by atoms with Crippen LogP contribution in [0.5, 0.6) is 0 Å². The van der Waals surface area contributed by atoms with E-state index in [1.54, 1.807) is 23.1 Å². The lowest BCUT2D eigenvalue weighted by molar-refractivity contribution is 0.195. The molecule has 1 N–H and O–H groups in total. The summed E-state index contributed by atoms with van der Waals surface area (Å²) in [5.41, 5.74) is 2.72. The molecule has 4 heteroatoms. The van der Waals surface area contributed by atoms with Gasteiger partial charge in [-0.2, -0.15) is 0 Å². The van der Waals surface area contributed by atoms with E-state index in [0.717, 1.165) is 16.9 Å². The highest BCUT2D eigenvalue weighted by Gasteiger charge is 2.08. The van der Waals surface area contributed by atoms with Crippen molar-refractivity contribution in [3.63, 3.8) is 0 Å². The first kappa shape index (κ1) is 12.6. The summed E-state index contributed by atoms with van der Waals surface area (Å²) in [5.74, 6) is 0. The smallest absolute Gasteiger partial charge is 0.332 e. The van der Waals surface area contributed by atoms with E-state index in [-0.39, 0.29) is 11.8 Å². The van der Waals surface area contributed by atoms with Crippen molar-refractivity contribution in [2.45, 2.75) is 26.4 Å². The van der Waals surface area contributed by atoms with Crippen LogP contribution >= 0.6 is 0 Å². The van der Waals surface area contributed by atoms with Crippen LogP contribution in [0, 0.1) is 6.92 Å². The first-order chi connectivity index (χ1) is 8.49. The van der Waals surface area contributed by atoms with Gasteiger partial charge in [0.25, 0.3) is 0 Å². The lowest BCUT2D eigenvalue weighted by Gasteiger charge is -2.08. The van der Waals surface area contributed by atoms with Crippen molar-refractivity contribution in [2.75, 3.05) is 0 Å². The van der Waals surface area contributed by atoms with Gasteiger partial charge in [0, 0.05) is 18.9 Å². The van der Waals surface area contributed by atoms with Crippen LogP contribution in [0.2, 0.25) is 0 Å². The maximum Gasteiger partial charge on any atom is 0.332 e. The van der Waals surface area contributed by atoms with Crippen LogP contribution in [0.15, 0.2) is 35.3 Å². The third-order valence-electron chi connectivity index (χ3n) is 2.93. The fraction of sp³-hybridized carbons (Fsp3) is 0.357. The van der Waals surface area contributed by atoms with Gasteiger partial charge in [-0.3, -0.25) is 4.57 Å². The van der Waals surface area contributed by atoms with Crippen LogP contribution in [0.4, 0.5) is 0 Å². The Morgan fingerprint density at radius 2 is 2.11 bits per heavy atom. The molecule has 2 rings (SSSR count). The molecule has 18 heavy (non-hydrogen) atoms. The van der Waals surface area contributed by atoms with Gasteiger partial charge in [-0.05, 0) is 38.0 Å². The van der Waals surface area contributed by atoms with Crippen LogP contribution in [0.25, 0.3) is 5.69 Å². The maximum absolute atomic E-state index is 12.0. The highest BCUT2D eigenvalue weighted by Crippen LogP contribution is 2.12. The first-order valence-corrected chi connectivity index (χ1v) is 6.01. The van der Waals surface area contributed by atoms with Gasteiger partial charge in [-0.1, -0.05) is 12.1 Å². The van der Waals surface area contributed by atoms with Gasteiger partial charge in [0.15, 0.2) is 0 Å². The second-order valence-corrected chi connectivity index (χ2v) is 4.72. The van der Waals surface area contributed by atoms with E-state index in [0.29, 0.717) is 6.42 Å². The Balaban J connectivity index is 2.48. The topological polar surface area (TPSA) is 47.2 Å². The number of aliphatic hydroxyl groups is 1. The van der Waals surface area contributed by atoms with Gasteiger partial charge >= 0.3 is 5.69 Å². The number of hydrogen-bond donors (Lipinski definition) is 1. The molecular formula is C14H18N2O2. The lowest BCUT2D eigenvalue weighted by Crippen LogP contribution is -2.21. The Morgan fingerprint density at radius 1 is 1.39 bits per heavy atom. The molecule has 0 radical (unpaired) electrons. The van der Waals surface area contributed by atoms with E-state index in [2.05, 4.69) is 0 Å². The Bertz CT molecular complexity index is 608. The second kappa shape index (κ2) is 4.82. The van der Waals surface area contributed by atoms with Gasteiger partial charge in [0.1, 0.15) is 0 Å². The molecule has 0 saturated carbocycles. The fourth-order valence-electron chi connectivity index (χ4n) is 2.18. The average Bonchev–Trinajstić information content (AvgIpc) is 2.52. The van der Waals surface area contributed by atoms with Crippen LogP contribution < -0.4 is 5.69 Å². The van der Waals surface area contributed by atoms with Crippen molar-refractivity contribution >= 4 is 0 Å². The van der Waals surface area contributed by atoms with Crippen molar-refractivity contribution in [1.82, 2.24) is 9.13 Å². The predicted octanol–water partition coefficient (Wildman–Crippen LogP) is 1.41. The lowest BCUT2D eigenvalue weighted by atomic mass is 10.1. The van der Waals surface area contributed by atoms with E-state index in [9.17, 15) is 9.90 Å². The second-order valence-electron chi connectivity index (χ2n) is 4.72. The van der Waals surface area contributed by atoms with Crippen LogP contribution in [0.1, 0.15) is 18.2 Å². The zero-order valence-electron chi connectivity index (χ0n) is 10.9. The molecule has 0 amide bonds. The zero-order valence-corrected chi connectivity index (χ0v) is 10.9. The summed E-state index contributed by atoms with van der Waals surface area (Å²) in [6.07, 6.45) is 2.02. The molecule has 1 aromatic heterocycles. The minimum Gasteiger partial charge on any atom is -0.393 e. The van der Waals surface area contributed by atoms with E-state index in [4.69, 9.17) is 0 Å². The molecule has 0 aliphatic heterocycles. The molecule has 0 fully saturated rings. The van der Waals surface area contributed by atoms with E-state index in [1.807, 2.05) is 37.4 Å². The van der Waals surface area contributed by atoms with Crippen molar-refractivity contribution in [2.24, 2.45) is 7.05 Å². The molecule has 1 heterocycles. The molecule has 0 bridgehead atoms. The third-order valence-corrected chi connectivity index (χ3v) is 2.93. The van der Waals surface area contributed by atoms with Gasteiger partial charge in [0.2, 0.25) is 0 Å². The number of aryl methyl sites for hydroxylation is 2. The van der Waals surface area contributed by atoms with E-state index in [1.165, 1.54) is 0 Å². The number of nitrogens with zero attached hydrogens (tertiary/aromatic N) is 2. The van der Waals surface area contributed by atoms with Crippen LogP contribution in [-0.4, -0.2) is 20.3 Å². The number of imidazole rings is 1. The minimum atomic E-state index is -0.381. The molecule has 96 valence electrons. The van der Waals surface area contributed by atoms with Crippen molar-refractivity contribution in [1.29, 1.82) is 0 Å². The van der Waals surface area contributed by atoms with E-state index >= 15 is 0 Å². The van der Waals surface area contributed by atoms with Gasteiger partial charge in [0.05, 0.1) is 11.8 Å². The minimum absolute atomic E-state index is 0.0540. The van der Waals surface area contributed by atoms with Crippen molar-refractivity contribution in [3.05, 3.63) is 52.2 Å². The monoisotopic (exact) mass is 246 g/mol. The molecular weight excluding hydrogens is 228 g/mol. The molecule has 0 saturated heterocycles. The Hall–Kier alpha value is -1.81. The largest absolute Gasteiger partial charge is 0.393 e. The summed E-state index contributed by atoms with van der Waals surface area (Å²) in [5, 5.41) is 9.41. The van der Waals surface area contributed by atoms with Gasteiger partial charge in [-0.25, -0.2) is 4.79 Å². The Kier molecular flexibility index (Phi) is 3.39. The van der Waals surface area contributed by atoms with Crippen LogP contribution in [-0.2, 0) is 13.5 Å². The summed E-state index contributed by atoms with van der Waals surface area (Å²) in [6.45, 7) is 3.66. The SMILES string of the molecule is Cc1cn(C)c(=O)n1-c1cccc(CC(C)O)c1. The highest BCUT2D eigenvalue weighted by molar-refractivity contribution is 5.37. The van der Waals surface area contributed by atoms with E-state index < -0.39 is 0 Å². The van der Waals surface area contributed by atoms with Crippen LogP contribution in [0.3, 0.4) is 0 Å². The predicted molar refractivity (Wildman–Crippen MR) is 71.1 cm³/mol. The van der Waals surface area contributed by atoms with Gasteiger partial charge in [-0.15, -0.1) is 0 Å². The number of hydrogen-bond acceptors (Lipinski definition) is 2. The van der Waals surface area contributed by atoms with Gasteiger partial charge < -0.3 is 9.67 Å². The first-order valence-electron chi connectivity index (χ1n) is 6.01. The Labute approximate surface area is 106 Å². The summed E-state index contributed by atoms with van der Waals surface area (Å²) in [4.78, 5) is 12.0. The number of aliphatic hydroxyl groups excluding tert-OH is 1. The summed E-state index contributed by atoms with van der Waals surface area (Å²) in [7, 11) is 1.74. The normalized spacial score (nSPS) is 12.7. The molecule has 0 aliphatic rings. The standard InChI is InChI=1S/C14H18N2O2/c1-10-9-15(3)14(18)16(10)13-6-4-5-12(8-13)7-11(2)17/h4-6,8-9,11,17H,7H2,1-3H3. The number of benzene rings is 1. The maximum atomic E-state index is 12.0. The molecule has 1 aromatic carbocycles. The third kappa shape index (κ3) is 2.38. The van der Waals surface area contributed by atoms with Crippen molar-refractivity contribution < 1.29 is 5.11 Å². The molecule has 1 atom stereocenters. The zero-order chi connectivity index (χ0) is 13.3. The summed E-state index contributed by atoms with van der Waals surface area (Å²) in [6, 6.07) is 7.71. The molecule has 0 aliphatic carbocycles. The average molecular weight is 246 g/mol. The van der Waals surface area contributed by atoms with Crippen molar-refractivity contribution in [3.8, 4) is 5.69 Å². The highest BCUT2D eigenvalue weighted by atomic mass is 16.3. The molecule has 4 nitrogen and oxygen atoms in total. The molecule has 1 unspecified atom stereocenters. The summed E-state index contributed by atoms with van der Waals surface area (Å²) >= 11 is 0.